The van der Waals surface area contributed by atoms with E-state index in [-0.39, 0.29) is 29.5 Å². The quantitative estimate of drug-likeness (QED) is 0.638. The van der Waals surface area contributed by atoms with Gasteiger partial charge in [0.25, 0.3) is 5.91 Å². The molecule has 1 aromatic heterocycles. The molecule has 2 aromatic rings. The van der Waals surface area contributed by atoms with E-state index in [1.165, 1.54) is 18.2 Å². The number of carbonyl (C=O) groups is 1. The molecule has 0 fully saturated rings. The van der Waals surface area contributed by atoms with Crippen LogP contribution in [0.2, 0.25) is 0 Å². The van der Waals surface area contributed by atoms with Crippen LogP contribution in [-0.4, -0.2) is 17.3 Å². The Balaban J connectivity index is 2.46. The predicted octanol–water partition coefficient (Wildman–Crippen LogP) is 3.05. The van der Waals surface area contributed by atoms with Gasteiger partial charge in [-0.25, -0.2) is 0 Å². The zero-order valence-electron chi connectivity index (χ0n) is 11.6. The van der Waals surface area contributed by atoms with Crippen molar-refractivity contribution in [2.24, 2.45) is 0 Å². The van der Waals surface area contributed by atoms with Crippen molar-refractivity contribution in [1.29, 1.82) is 10.5 Å². The maximum atomic E-state index is 13.7. The fourth-order valence-corrected chi connectivity index (χ4v) is 3.49. The van der Waals surface area contributed by atoms with E-state index >= 15 is 0 Å². The fraction of sp³-hybridized carbons (Fsp3) is 0.214. The maximum absolute atomic E-state index is 13.7. The summed E-state index contributed by atoms with van der Waals surface area (Å²) in [6.07, 6.45) is 0.156. The standard InChI is InChI=1S/C14H10F2N3O2PS/c15-14(16,22-21)12-10(7-18)9-6-8(2-3-11(9)23-12)13(20)19-5-1-4-17/h2-3,6,21-22H,1,5H2,(H,19,20). The van der Waals surface area contributed by atoms with E-state index in [2.05, 4.69) is 5.32 Å². The second-order valence-electron chi connectivity index (χ2n) is 4.48. The second kappa shape index (κ2) is 6.97. The molecule has 1 unspecified atom stereocenters. The molecule has 9 heteroatoms. The Kier molecular flexibility index (Phi) is 5.23. The molecule has 1 aromatic carbocycles. The molecule has 1 heterocycles. The lowest BCUT2D eigenvalue weighted by atomic mass is 10.1. The van der Waals surface area contributed by atoms with Crippen LogP contribution in [0, 0.1) is 22.7 Å². The van der Waals surface area contributed by atoms with Gasteiger partial charge in [-0.05, 0) is 18.2 Å². The van der Waals surface area contributed by atoms with Gasteiger partial charge in [0.05, 0.1) is 31.7 Å². The first-order chi connectivity index (χ1) is 10.9. The third kappa shape index (κ3) is 3.46. The highest BCUT2D eigenvalue weighted by molar-refractivity contribution is 7.33. The first-order valence-corrected chi connectivity index (χ1v) is 8.12. The van der Waals surface area contributed by atoms with Crippen molar-refractivity contribution in [1.82, 2.24) is 5.32 Å². The Bertz CT molecular complexity index is 839. The Labute approximate surface area is 136 Å². The van der Waals surface area contributed by atoms with Crippen LogP contribution in [0.5, 0.6) is 0 Å². The number of carbonyl (C=O) groups excluding carboxylic acids is 1. The Morgan fingerprint density at radius 1 is 1.43 bits per heavy atom. The van der Waals surface area contributed by atoms with Gasteiger partial charge in [-0.2, -0.15) is 19.3 Å². The van der Waals surface area contributed by atoms with Crippen LogP contribution in [0.1, 0.15) is 27.2 Å². The number of hydrogen-bond donors (Lipinski definition) is 2. The molecule has 118 valence electrons. The van der Waals surface area contributed by atoms with Crippen LogP contribution >= 0.6 is 20.1 Å². The first-order valence-electron chi connectivity index (χ1n) is 6.36. The average Bonchev–Trinajstić information content (AvgIpc) is 2.93. The van der Waals surface area contributed by atoms with E-state index in [1.54, 1.807) is 6.07 Å². The average molecular weight is 353 g/mol. The highest BCUT2D eigenvalue weighted by Crippen LogP contribution is 2.49. The fourth-order valence-electron chi connectivity index (χ4n) is 1.96. The molecular weight excluding hydrogens is 343 g/mol. The number of nitrogens with one attached hydrogen (secondary N) is 1. The SMILES string of the molecule is N#CCCNC(=O)c1ccc2sc(C(F)(F)PO)c(C#N)c2c1. The predicted molar refractivity (Wildman–Crippen MR) is 83.5 cm³/mol. The third-order valence-electron chi connectivity index (χ3n) is 3.01. The van der Waals surface area contributed by atoms with Gasteiger partial charge in [-0.1, -0.05) is 0 Å². The summed E-state index contributed by atoms with van der Waals surface area (Å²) < 4.78 is 27.9. The molecule has 2 rings (SSSR count). The van der Waals surface area contributed by atoms with Gasteiger partial charge in [0.1, 0.15) is 6.07 Å². The molecule has 0 bridgehead atoms. The summed E-state index contributed by atoms with van der Waals surface area (Å²) >= 11 is 0.722. The number of nitrogens with zero attached hydrogens (tertiary/aromatic N) is 2. The summed E-state index contributed by atoms with van der Waals surface area (Å²) in [5.74, 6) is -0.449. The first kappa shape index (κ1) is 17.2. The van der Waals surface area contributed by atoms with Crippen LogP contribution in [0.3, 0.4) is 0 Å². The number of fused-ring (bicyclic) bond motifs is 1. The molecule has 0 aliphatic heterocycles. The van der Waals surface area contributed by atoms with Gasteiger partial charge in [0.15, 0.2) is 0 Å². The number of nitriles is 2. The van der Waals surface area contributed by atoms with Crippen LogP contribution in [0.15, 0.2) is 18.2 Å². The minimum Gasteiger partial charge on any atom is -0.370 e. The lowest BCUT2D eigenvalue weighted by molar-refractivity contribution is 0.0951. The number of amides is 1. The molecule has 0 saturated heterocycles. The van der Waals surface area contributed by atoms with Gasteiger partial charge in [0, 0.05) is 22.2 Å². The minimum atomic E-state index is -3.48. The normalized spacial score (nSPS) is 11.5. The van der Waals surface area contributed by atoms with E-state index in [0.717, 1.165) is 11.3 Å². The monoisotopic (exact) mass is 353 g/mol. The molecule has 2 N–H and O–H groups in total. The zero-order valence-corrected chi connectivity index (χ0v) is 13.4. The number of alkyl halides is 2. The summed E-state index contributed by atoms with van der Waals surface area (Å²) in [5.41, 5.74) is -3.50. The van der Waals surface area contributed by atoms with Gasteiger partial charge < -0.3 is 10.2 Å². The van der Waals surface area contributed by atoms with Crippen molar-refractivity contribution >= 4 is 36.1 Å². The van der Waals surface area contributed by atoms with E-state index in [9.17, 15) is 18.8 Å². The van der Waals surface area contributed by atoms with Crippen molar-refractivity contribution in [3.8, 4) is 12.1 Å². The largest absolute Gasteiger partial charge is 0.370 e. The smallest absolute Gasteiger partial charge is 0.321 e. The van der Waals surface area contributed by atoms with E-state index in [0.29, 0.717) is 4.70 Å². The van der Waals surface area contributed by atoms with Gasteiger partial charge in [-0.15, -0.1) is 11.3 Å². The van der Waals surface area contributed by atoms with Crippen molar-refractivity contribution in [3.05, 3.63) is 34.2 Å². The number of hydrogen-bond acceptors (Lipinski definition) is 5. The van der Waals surface area contributed by atoms with Gasteiger partial charge in [-0.3, -0.25) is 4.79 Å². The van der Waals surface area contributed by atoms with Crippen LogP contribution < -0.4 is 5.32 Å². The molecular formula is C14H10F2N3O2PS. The summed E-state index contributed by atoms with van der Waals surface area (Å²) in [6, 6.07) is 7.93. The zero-order chi connectivity index (χ0) is 17.0. The number of halogens is 2. The molecule has 0 radical (unpaired) electrons. The number of rotatable bonds is 5. The Morgan fingerprint density at radius 3 is 2.78 bits per heavy atom. The van der Waals surface area contributed by atoms with Crippen molar-refractivity contribution in [2.45, 2.75) is 12.1 Å². The lowest BCUT2D eigenvalue weighted by Gasteiger charge is -2.10. The summed E-state index contributed by atoms with van der Waals surface area (Å²) in [4.78, 5) is 20.3. The number of thiophene rings is 1. The molecule has 23 heavy (non-hydrogen) atoms. The third-order valence-corrected chi connectivity index (χ3v) is 4.96. The van der Waals surface area contributed by atoms with E-state index < -0.39 is 25.3 Å². The van der Waals surface area contributed by atoms with Crippen molar-refractivity contribution in [3.63, 3.8) is 0 Å². The highest BCUT2D eigenvalue weighted by atomic mass is 32.1. The summed E-state index contributed by atoms with van der Waals surface area (Å²) in [6.45, 7) is 0.178. The highest BCUT2D eigenvalue weighted by Gasteiger charge is 2.37. The second-order valence-corrected chi connectivity index (χ2v) is 6.38. The maximum Gasteiger partial charge on any atom is 0.321 e. The Morgan fingerprint density at radius 2 is 2.17 bits per heavy atom. The topological polar surface area (TPSA) is 96.9 Å². The lowest BCUT2D eigenvalue weighted by Crippen LogP contribution is -2.24. The van der Waals surface area contributed by atoms with Gasteiger partial charge in [0.2, 0.25) is 0 Å². The Hall–Kier alpha value is -2.12. The van der Waals surface area contributed by atoms with E-state index in [4.69, 9.17) is 10.2 Å². The van der Waals surface area contributed by atoms with Gasteiger partial charge >= 0.3 is 5.66 Å². The number of benzene rings is 1. The molecule has 0 aliphatic carbocycles. The molecule has 0 aliphatic rings. The minimum absolute atomic E-state index is 0.156. The molecule has 0 spiro atoms. The summed E-state index contributed by atoms with van der Waals surface area (Å²) in [7, 11) is -1.65. The molecule has 0 saturated carbocycles. The summed E-state index contributed by atoms with van der Waals surface area (Å²) in [5, 5.41) is 20.4. The van der Waals surface area contributed by atoms with E-state index in [1.807, 2.05) is 6.07 Å². The van der Waals surface area contributed by atoms with Crippen LogP contribution in [0.25, 0.3) is 10.1 Å². The molecule has 1 atom stereocenters. The molecule has 5 nitrogen and oxygen atoms in total. The van der Waals surface area contributed by atoms with Crippen LogP contribution in [0.4, 0.5) is 8.78 Å². The molecule has 1 amide bonds. The van der Waals surface area contributed by atoms with Crippen LogP contribution in [-0.2, 0) is 5.66 Å². The van der Waals surface area contributed by atoms with Crippen molar-refractivity contribution < 1.29 is 18.5 Å². The van der Waals surface area contributed by atoms with Crippen molar-refractivity contribution in [2.75, 3.05) is 6.54 Å².